The van der Waals surface area contributed by atoms with Crippen LogP contribution in [0.15, 0.2) is 24.3 Å². The van der Waals surface area contributed by atoms with Gasteiger partial charge in [0.15, 0.2) is 5.82 Å². The van der Waals surface area contributed by atoms with E-state index in [1.807, 2.05) is 12.1 Å². The number of rotatable bonds is 5. The number of fused-ring (bicyclic) bond motifs is 1. The maximum absolute atomic E-state index is 13.0. The van der Waals surface area contributed by atoms with Gasteiger partial charge >= 0.3 is 0 Å². The molecule has 3 N–H and O–H groups in total. The van der Waals surface area contributed by atoms with Crippen LogP contribution in [0.2, 0.25) is 0 Å². The minimum atomic E-state index is -0.575. The molecular formula is C26H33N7O3. The number of H-pyrrole nitrogens is 1. The summed E-state index contributed by atoms with van der Waals surface area (Å²) in [5, 5.41) is 13.7. The largest absolute Gasteiger partial charge is 0.353 e. The van der Waals surface area contributed by atoms with Crippen LogP contribution in [0.25, 0.3) is 0 Å². The summed E-state index contributed by atoms with van der Waals surface area (Å²) < 4.78 is 0. The second kappa shape index (κ2) is 9.67. The number of likely N-dealkylation sites (tertiary alicyclic amines) is 1. The summed E-state index contributed by atoms with van der Waals surface area (Å²) in [6, 6.07) is 7.70. The van der Waals surface area contributed by atoms with E-state index in [2.05, 4.69) is 42.8 Å². The number of piperazine rings is 1. The fourth-order valence-corrected chi connectivity index (χ4v) is 6.03. The highest BCUT2D eigenvalue weighted by atomic mass is 16.2. The minimum Gasteiger partial charge on any atom is -0.353 e. The van der Waals surface area contributed by atoms with E-state index >= 15 is 0 Å². The van der Waals surface area contributed by atoms with Gasteiger partial charge in [0.1, 0.15) is 6.04 Å². The smallest absolute Gasteiger partial charge is 0.255 e. The first-order valence-electron chi connectivity index (χ1n) is 13.0. The summed E-state index contributed by atoms with van der Waals surface area (Å²) >= 11 is 0. The predicted octanol–water partition coefficient (Wildman–Crippen LogP) is 0.960. The molecule has 6 rings (SSSR count). The molecule has 3 amide bonds. The SMILES string of the molecule is O=C1CCC(N2Cc3cc(CN4CCCC(c5cc(N6CCNCC6)n[nH]5)C4)ccc3C2=O)C(=O)N1. The van der Waals surface area contributed by atoms with Gasteiger partial charge in [0.25, 0.3) is 5.91 Å². The monoisotopic (exact) mass is 491 g/mol. The van der Waals surface area contributed by atoms with Gasteiger partial charge in [-0.3, -0.25) is 29.7 Å². The molecule has 1 aromatic carbocycles. The number of aromatic amines is 1. The topological polar surface area (TPSA) is 114 Å². The number of amides is 3. The van der Waals surface area contributed by atoms with Gasteiger partial charge in [0.05, 0.1) is 0 Å². The van der Waals surface area contributed by atoms with E-state index < -0.39 is 6.04 Å². The fourth-order valence-electron chi connectivity index (χ4n) is 6.03. The van der Waals surface area contributed by atoms with Gasteiger partial charge in [0.2, 0.25) is 11.8 Å². The van der Waals surface area contributed by atoms with Crippen molar-refractivity contribution in [3.63, 3.8) is 0 Å². The maximum atomic E-state index is 13.0. The number of benzene rings is 1. The van der Waals surface area contributed by atoms with Crippen molar-refractivity contribution in [1.29, 1.82) is 0 Å². The summed E-state index contributed by atoms with van der Waals surface area (Å²) in [5.41, 5.74) is 4.02. The van der Waals surface area contributed by atoms with E-state index in [4.69, 9.17) is 0 Å². The Morgan fingerprint density at radius 2 is 1.89 bits per heavy atom. The van der Waals surface area contributed by atoms with Crippen molar-refractivity contribution in [2.45, 2.75) is 50.7 Å². The van der Waals surface area contributed by atoms with E-state index in [-0.39, 0.29) is 24.1 Å². The molecule has 4 aliphatic heterocycles. The number of hydrogen-bond donors (Lipinski definition) is 3. The Bertz CT molecular complexity index is 1170. The second-order valence-corrected chi connectivity index (χ2v) is 10.4. The Morgan fingerprint density at radius 3 is 2.72 bits per heavy atom. The van der Waals surface area contributed by atoms with Crippen molar-refractivity contribution >= 4 is 23.5 Å². The lowest BCUT2D eigenvalue weighted by Gasteiger charge is -2.32. The first-order chi connectivity index (χ1) is 17.5. The number of carbonyl (C=O) groups excluding carboxylic acids is 3. The molecular weight excluding hydrogens is 458 g/mol. The van der Waals surface area contributed by atoms with E-state index in [1.54, 1.807) is 4.90 Å². The molecule has 190 valence electrons. The second-order valence-electron chi connectivity index (χ2n) is 10.4. The predicted molar refractivity (Wildman–Crippen MR) is 133 cm³/mol. The van der Waals surface area contributed by atoms with Crippen LogP contribution in [0.5, 0.6) is 0 Å². The molecule has 0 radical (unpaired) electrons. The van der Waals surface area contributed by atoms with E-state index in [1.165, 1.54) is 11.3 Å². The van der Waals surface area contributed by atoms with E-state index in [0.29, 0.717) is 24.4 Å². The molecule has 2 atom stereocenters. The normalized spacial score (nSPS) is 25.3. The lowest BCUT2D eigenvalue weighted by Crippen LogP contribution is -2.52. The number of nitrogens with zero attached hydrogens (tertiary/aromatic N) is 4. The molecule has 0 aliphatic carbocycles. The van der Waals surface area contributed by atoms with E-state index in [0.717, 1.165) is 70.0 Å². The molecule has 3 fully saturated rings. The Morgan fingerprint density at radius 1 is 1.03 bits per heavy atom. The highest BCUT2D eigenvalue weighted by molar-refractivity contribution is 6.05. The molecule has 4 aliphatic rings. The highest BCUT2D eigenvalue weighted by Crippen LogP contribution is 2.31. The van der Waals surface area contributed by atoms with Gasteiger partial charge in [-0.2, -0.15) is 5.10 Å². The molecule has 0 saturated carbocycles. The molecule has 3 saturated heterocycles. The summed E-state index contributed by atoms with van der Waals surface area (Å²) in [7, 11) is 0. The lowest BCUT2D eigenvalue weighted by molar-refractivity contribution is -0.136. The van der Waals surface area contributed by atoms with Gasteiger partial charge in [-0.05, 0) is 43.0 Å². The van der Waals surface area contributed by atoms with Gasteiger partial charge in [0, 0.05) is 75.5 Å². The highest BCUT2D eigenvalue weighted by Gasteiger charge is 2.39. The van der Waals surface area contributed by atoms with Crippen LogP contribution < -0.4 is 15.5 Å². The van der Waals surface area contributed by atoms with Crippen LogP contribution in [-0.4, -0.2) is 83.0 Å². The number of nitrogens with one attached hydrogen (secondary N) is 3. The third-order valence-electron chi connectivity index (χ3n) is 7.96. The summed E-state index contributed by atoms with van der Waals surface area (Å²) in [4.78, 5) is 43.2. The van der Waals surface area contributed by atoms with Crippen LogP contribution in [0.1, 0.15) is 58.8 Å². The molecule has 10 heteroatoms. The van der Waals surface area contributed by atoms with Crippen LogP contribution in [-0.2, 0) is 22.7 Å². The summed E-state index contributed by atoms with van der Waals surface area (Å²) in [6.07, 6.45) is 2.94. The van der Waals surface area contributed by atoms with Gasteiger partial charge in [-0.1, -0.05) is 12.1 Å². The van der Waals surface area contributed by atoms with Crippen LogP contribution in [0, 0.1) is 0 Å². The first-order valence-corrected chi connectivity index (χ1v) is 13.0. The zero-order valence-corrected chi connectivity index (χ0v) is 20.5. The van der Waals surface area contributed by atoms with Gasteiger partial charge in [-0.15, -0.1) is 0 Å². The van der Waals surface area contributed by atoms with Crippen molar-refractivity contribution in [1.82, 2.24) is 30.6 Å². The van der Waals surface area contributed by atoms with Crippen molar-refractivity contribution in [2.75, 3.05) is 44.2 Å². The fraction of sp³-hybridized carbons (Fsp3) is 0.538. The van der Waals surface area contributed by atoms with Gasteiger partial charge < -0.3 is 15.1 Å². The molecule has 2 unspecified atom stereocenters. The maximum Gasteiger partial charge on any atom is 0.255 e. The number of carbonyl (C=O) groups is 3. The number of aromatic nitrogens is 2. The average Bonchev–Trinajstić information content (AvgIpc) is 3.50. The van der Waals surface area contributed by atoms with Crippen molar-refractivity contribution in [3.05, 3.63) is 46.6 Å². The Labute approximate surface area is 210 Å². The molecule has 1 aromatic heterocycles. The summed E-state index contributed by atoms with van der Waals surface area (Å²) in [5.74, 6) is 0.724. The van der Waals surface area contributed by atoms with Crippen LogP contribution in [0.3, 0.4) is 0 Å². The average molecular weight is 492 g/mol. The van der Waals surface area contributed by atoms with Crippen molar-refractivity contribution < 1.29 is 14.4 Å². The van der Waals surface area contributed by atoms with Crippen molar-refractivity contribution in [2.24, 2.45) is 0 Å². The number of anilines is 1. The zero-order valence-electron chi connectivity index (χ0n) is 20.5. The molecule has 10 nitrogen and oxygen atoms in total. The lowest BCUT2D eigenvalue weighted by atomic mass is 9.94. The molecule has 0 spiro atoms. The van der Waals surface area contributed by atoms with E-state index in [9.17, 15) is 14.4 Å². The number of piperidine rings is 2. The van der Waals surface area contributed by atoms with Crippen LogP contribution >= 0.6 is 0 Å². The standard InChI is InChI=1S/C26H33N7O3/c34-24-6-5-22(25(35)28-24)33-16-19-12-17(3-4-20(19)26(33)36)14-31-9-1-2-18(15-31)21-13-23(30-29-21)32-10-7-27-8-11-32/h3-4,12-13,18,22,27H,1-2,5-11,14-16H2,(H,29,30)(H,28,34,35). The van der Waals surface area contributed by atoms with Crippen LogP contribution in [0.4, 0.5) is 5.82 Å². The number of hydrogen-bond acceptors (Lipinski definition) is 7. The third-order valence-corrected chi connectivity index (χ3v) is 7.96. The Balaban J connectivity index is 1.10. The zero-order chi connectivity index (χ0) is 24.6. The molecule has 0 bridgehead atoms. The third kappa shape index (κ3) is 4.51. The number of imide groups is 1. The quantitative estimate of drug-likeness (QED) is 0.534. The summed E-state index contributed by atoms with van der Waals surface area (Å²) in [6.45, 7) is 7.24. The minimum absolute atomic E-state index is 0.122. The Kier molecular flexibility index (Phi) is 6.22. The van der Waals surface area contributed by atoms with Crippen molar-refractivity contribution in [3.8, 4) is 0 Å². The molecule has 2 aromatic rings. The molecule has 36 heavy (non-hydrogen) atoms. The van der Waals surface area contributed by atoms with Gasteiger partial charge in [-0.25, -0.2) is 0 Å². The Hall–Kier alpha value is -3.24. The molecule has 5 heterocycles. The first kappa shape index (κ1) is 23.2.